The van der Waals surface area contributed by atoms with Crippen LogP contribution in [0.5, 0.6) is 0 Å². The fourth-order valence-corrected chi connectivity index (χ4v) is 3.49. The van der Waals surface area contributed by atoms with E-state index in [2.05, 4.69) is 58.1 Å². The van der Waals surface area contributed by atoms with Crippen LogP contribution in [0.4, 0.5) is 0 Å². The van der Waals surface area contributed by atoms with Gasteiger partial charge in [0.05, 0.1) is 0 Å². The predicted octanol–water partition coefficient (Wildman–Crippen LogP) is 3.49. The van der Waals surface area contributed by atoms with E-state index in [4.69, 9.17) is 0 Å². The number of nitrogens with one attached hydrogen (secondary N) is 2. The lowest BCUT2D eigenvalue weighted by Gasteiger charge is -2.14. The molecule has 5 heteroatoms. The highest BCUT2D eigenvalue weighted by Gasteiger charge is 2.08. The quantitative estimate of drug-likeness (QED) is 0.470. The van der Waals surface area contributed by atoms with Gasteiger partial charge in [-0.25, -0.2) is 0 Å². The molecule has 1 amide bonds. The van der Waals surface area contributed by atoms with Crippen LogP contribution in [0.2, 0.25) is 0 Å². The second kappa shape index (κ2) is 10.4. The number of carbonyl (C=O) groups excluding carboxylic acids is 1. The number of guanidine groups is 1. The Morgan fingerprint density at radius 1 is 0.900 bits per heavy atom. The van der Waals surface area contributed by atoms with E-state index in [1.165, 1.54) is 16.3 Å². The van der Waals surface area contributed by atoms with Crippen molar-refractivity contribution in [1.82, 2.24) is 15.5 Å². The molecule has 0 saturated carbocycles. The Morgan fingerprint density at radius 2 is 1.60 bits per heavy atom. The van der Waals surface area contributed by atoms with Gasteiger partial charge in [-0.1, -0.05) is 54.6 Å². The lowest BCUT2D eigenvalue weighted by Crippen LogP contribution is -2.39. The maximum Gasteiger partial charge on any atom is 0.253 e. The minimum absolute atomic E-state index is 0.0238. The summed E-state index contributed by atoms with van der Waals surface area (Å²) in [5, 5.41) is 9.32. The molecule has 0 fully saturated rings. The number of aliphatic imine (C=N–C) groups is 1. The molecule has 3 aromatic carbocycles. The van der Waals surface area contributed by atoms with E-state index in [0.29, 0.717) is 0 Å². The summed E-state index contributed by atoms with van der Waals surface area (Å²) in [5.74, 6) is 0.812. The molecule has 0 radical (unpaired) electrons. The van der Waals surface area contributed by atoms with Crippen molar-refractivity contribution in [2.75, 3.05) is 34.2 Å². The lowest BCUT2D eigenvalue weighted by atomic mass is 10.0. The molecule has 0 aliphatic carbocycles. The summed E-state index contributed by atoms with van der Waals surface area (Å²) in [5.41, 5.74) is 3.18. The summed E-state index contributed by atoms with van der Waals surface area (Å²) < 4.78 is 0. The molecule has 0 atom stereocenters. The molecule has 0 bridgehead atoms. The number of amides is 1. The minimum Gasteiger partial charge on any atom is -0.356 e. The summed E-state index contributed by atoms with van der Waals surface area (Å²) in [6.45, 7) is 1.55. The van der Waals surface area contributed by atoms with Crippen molar-refractivity contribution in [1.29, 1.82) is 0 Å². The molecule has 3 rings (SSSR count). The summed E-state index contributed by atoms with van der Waals surface area (Å²) in [6.07, 6.45) is 1.75. The molecule has 0 saturated heterocycles. The van der Waals surface area contributed by atoms with Crippen LogP contribution >= 0.6 is 0 Å². The van der Waals surface area contributed by atoms with E-state index in [1.807, 2.05) is 24.3 Å². The number of nitrogens with zero attached hydrogens (tertiary/aromatic N) is 2. The van der Waals surface area contributed by atoms with Crippen molar-refractivity contribution >= 4 is 22.6 Å². The smallest absolute Gasteiger partial charge is 0.253 e. The molecule has 0 aliphatic rings. The van der Waals surface area contributed by atoms with Crippen molar-refractivity contribution in [3.05, 3.63) is 83.4 Å². The average molecular weight is 403 g/mol. The maximum atomic E-state index is 12.1. The van der Waals surface area contributed by atoms with Crippen LogP contribution in [0.1, 0.15) is 21.5 Å². The van der Waals surface area contributed by atoms with E-state index >= 15 is 0 Å². The minimum atomic E-state index is 0.0238. The van der Waals surface area contributed by atoms with Crippen LogP contribution < -0.4 is 10.6 Å². The molecule has 0 unspecified atom stereocenters. The van der Waals surface area contributed by atoms with Crippen LogP contribution in [0.15, 0.2) is 71.7 Å². The molecule has 2 N–H and O–H groups in total. The van der Waals surface area contributed by atoms with E-state index < -0.39 is 0 Å². The highest BCUT2D eigenvalue weighted by molar-refractivity contribution is 5.94. The Balaban J connectivity index is 1.48. The van der Waals surface area contributed by atoms with Crippen molar-refractivity contribution in [3.63, 3.8) is 0 Å². The third-order valence-electron chi connectivity index (χ3n) is 5.08. The first-order chi connectivity index (χ1) is 14.6. The van der Waals surface area contributed by atoms with Gasteiger partial charge < -0.3 is 15.5 Å². The second-order valence-electron chi connectivity index (χ2n) is 7.46. The number of hydrogen-bond acceptors (Lipinski definition) is 2. The van der Waals surface area contributed by atoms with Gasteiger partial charge in [-0.05, 0) is 46.9 Å². The SMILES string of the molecule is CN=C(NCCc1cccc(C(=O)N(C)C)c1)NCCc1cccc2ccccc12. The molecule has 156 valence electrons. The summed E-state index contributed by atoms with van der Waals surface area (Å²) in [6, 6.07) is 22.7. The standard InChI is InChI=1S/C25H30N4O/c1-26-25(27-16-14-19-8-6-12-22(18-19)24(30)29(2)3)28-17-15-21-11-7-10-20-9-4-5-13-23(20)21/h4-13,18H,14-17H2,1-3H3,(H2,26,27,28). The van der Waals surface area contributed by atoms with Crippen molar-refractivity contribution in [2.24, 2.45) is 4.99 Å². The molecule has 5 nitrogen and oxygen atoms in total. The Morgan fingerprint density at radius 3 is 2.37 bits per heavy atom. The summed E-state index contributed by atoms with van der Waals surface area (Å²) >= 11 is 0. The zero-order valence-corrected chi connectivity index (χ0v) is 18.0. The Hall–Kier alpha value is -3.34. The van der Waals surface area contributed by atoms with E-state index in [0.717, 1.165) is 43.0 Å². The number of hydrogen-bond donors (Lipinski definition) is 2. The zero-order valence-electron chi connectivity index (χ0n) is 18.0. The van der Waals surface area contributed by atoms with Crippen molar-refractivity contribution in [2.45, 2.75) is 12.8 Å². The number of benzene rings is 3. The fraction of sp³-hybridized carbons (Fsp3) is 0.280. The molecule has 0 heterocycles. The topological polar surface area (TPSA) is 56.7 Å². The first kappa shape index (κ1) is 21.4. The number of fused-ring (bicyclic) bond motifs is 1. The average Bonchev–Trinajstić information content (AvgIpc) is 2.77. The van der Waals surface area contributed by atoms with Crippen LogP contribution in [-0.2, 0) is 12.8 Å². The Labute approximate surface area is 178 Å². The summed E-state index contributed by atoms with van der Waals surface area (Å²) in [7, 11) is 5.32. The van der Waals surface area contributed by atoms with E-state index in [1.54, 1.807) is 26.0 Å². The van der Waals surface area contributed by atoms with Crippen LogP contribution in [0.25, 0.3) is 10.8 Å². The summed E-state index contributed by atoms with van der Waals surface area (Å²) in [4.78, 5) is 18.0. The number of carbonyl (C=O) groups is 1. The van der Waals surface area contributed by atoms with Crippen molar-refractivity contribution < 1.29 is 4.79 Å². The van der Waals surface area contributed by atoms with Gasteiger partial charge in [0.15, 0.2) is 5.96 Å². The second-order valence-corrected chi connectivity index (χ2v) is 7.46. The normalized spacial score (nSPS) is 11.4. The molecule has 0 aromatic heterocycles. The maximum absolute atomic E-state index is 12.1. The third kappa shape index (κ3) is 5.60. The van der Waals surface area contributed by atoms with Gasteiger partial charge in [-0.2, -0.15) is 0 Å². The predicted molar refractivity (Wildman–Crippen MR) is 125 cm³/mol. The van der Waals surface area contributed by atoms with Gasteiger partial charge >= 0.3 is 0 Å². The molecule has 30 heavy (non-hydrogen) atoms. The molecular weight excluding hydrogens is 372 g/mol. The molecule has 0 aliphatic heterocycles. The highest BCUT2D eigenvalue weighted by atomic mass is 16.2. The van der Waals surface area contributed by atoms with Crippen LogP contribution in [-0.4, -0.2) is 51.0 Å². The molecule has 0 spiro atoms. The lowest BCUT2D eigenvalue weighted by molar-refractivity contribution is 0.0827. The van der Waals surface area contributed by atoms with Crippen LogP contribution in [0.3, 0.4) is 0 Å². The molecular formula is C25H30N4O. The first-order valence-corrected chi connectivity index (χ1v) is 10.3. The third-order valence-corrected chi connectivity index (χ3v) is 5.08. The van der Waals surface area contributed by atoms with Gasteiger partial charge in [0.25, 0.3) is 5.91 Å². The van der Waals surface area contributed by atoms with E-state index in [9.17, 15) is 4.79 Å². The monoisotopic (exact) mass is 402 g/mol. The fourth-order valence-electron chi connectivity index (χ4n) is 3.49. The largest absolute Gasteiger partial charge is 0.356 e. The van der Waals surface area contributed by atoms with Gasteiger partial charge in [0, 0.05) is 39.8 Å². The molecule has 3 aromatic rings. The van der Waals surface area contributed by atoms with Gasteiger partial charge in [0.2, 0.25) is 0 Å². The highest BCUT2D eigenvalue weighted by Crippen LogP contribution is 2.18. The van der Waals surface area contributed by atoms with Gasteiger partial charge in [-0.15, -0.1) is 0 Å². The van der Waals surface area contributed by atoms with Gasteiger partial charge in [0.1, 0.15) is 0 Å². The van der Waals surface area contributed by atoms with Gasteiger partial charge in [-0.3, -0.25) is 9.79 Å². The van der Waals surface area contributed by atoms with Crippen LogP contribution in [0, 0.1) is 0 Å². The number of rotatable bonds is 7. The Kier molecular flexibility index (Phi) is 7.44. The Bertz CT molecular complexity index is 1020. The van der Waals surface area contributed by atoms with E-state index in [-0.39, 0.29) is 5.91 Å². The zero-order chi connectivity index (χ0) is 21.3. The van der Waals surface area contributed by atoms with Crippen molar-refractivity contribution in [3.8, 4) is 0 Å². The first-order valence-electron chi connectivity index (χ1n) is 10.3.